The molecule has 0 fully saturated rings. The maximum Gasteiger partial charge on any atom is 0.149 e. The molecule has 0 aliphatic rings. The Kier molecular flexibility index (Phi) is 6.88. The van der Waals surface area contributed by atoms with Crippen LogP contribution in [0.1, 0.15) is 23.9 Å². The summed E-state index contributed by atoms with van der Waals surface area (Å²) in [6.07, 6.45) is 2.87. The van der Waals surface area contributed by atoms with Crippen LogP contribution < -0.4 is 5.32 Å². The van der Waals surface area contributed by atoms with Crippen molar-refractivity contribution in [3.63, 3.8) is 0 Å². The molecule has 2 heterocycles. The van der Waals surface area contributed by atoms with Crippen LogP contribution in [0.2, 0.25) is 0 Å². The van der Waals surface area contributed by atoms with Crippen LogP contribution in [0.15, 0.2) is 36.9 Å². The third kappa shape index (κ3) is 4.89. The van der Waals surface area contributed by atoms with Crippen molar-refractivity contribution in [3.05, 3.63) is 59.7 Å². The van der Waals surface area contributed by atoms with E-state index < -0.39 is 0 Å². The molecule has 0 bridgehead atoms. The second-order valence-electron chi connectivity index (χ2n) is 6.47. The first-order chi connectivity index (χ1) is 12.0. The van der Waals surface area contributed by atoms with Crippen molar-refractivity contribution in [2.24, 2.45) is 5.92 Å². The normalized spacial score (nSPS) is 12.0. The summed E-state index contributed by atoms with van der Waals surface area (Å²) in [5.41, 5.74) is 3.52. The molecule has 1 atom stereocenters. The minimum Gasteiger partial charge on any atom is -0.312 e. The molecule has 0 amide bonds. The van der Waals surface area contributed by atoms with Gasteiger partial charge in [-0.15, -0.1) is 12.4 Å². The predicted octanol–water partition coefficient (Wildman–Crippen LogP) is 3.07. The maximum atomic E-state index is 14.2. The van der Waals surface area contributed by atoms with E-state index in [1.807, 2.05) is 17.7 Å². The molecule has 140 valence electrons. The number of benzene rings is 1. The molecule has 0 aliphatic carbocycles. The highest BCUT2D eigenvalue weighted by Gasteiger charge is 2.09. The number of aromatic nitrogens is 5. The van der Waals surface area contributed by atoms with Crippen LogP contribution in [0, 0.1) is 25.6 Å². The van der Waals surface area contributed by atoms with Crippen LogP contribution in [-0.2, 0) is 13.1 Å². The second-order valence-corrected chi connectivity index (χ2v) is 6.47. The summed E-state index contributed by atoms with van der Waals surface area (Å²) in [4.78, 5) is 3.84. The van der Waals surface area contributed by atoms with Gasteiger partial charge in [-0.05, 0) is 50.1 Å². The van der Waals surface area contributed by atoms with E-state index in [-0.39, 0.29) is 18.2 Å². The van der Waals surface area contributed by atoms with Gasteiger partial charge in [-0.3, -0.25) is 4.68 Å². The van der Waals surface area contributed by atoms with Gasteiger partial charge in [0.15, 0.2) is 0 Å². The van der Waals surface area contributed by atoms with Gasteiger partial charge in [0.1, 0.15) is 24.2 Å². The lowest BCUT2D eigenvalue weighted by atomic mass is 10.1. The molecule has 6 nitrogen and oxygen atoms in total. The first-order valence-corrected chi connectivity index (χ1v) is 8.38. The first kappa shape index (κ1) is 20.1. The van der Waals surface area contributed by atoms with E-state index in [1.165, 1.54) is 29.1 Å². The maximum absolute atomic E-state index is 14.2. The van der Waals surface area contributed by atoms with E-state index >= 15 is 0 Å². The zero-order chi connectivity index (χ0) is 17.8. The Labute approximate surface area is 158 Å². The van der Waals surface area contributed by atoms with Gasteiger partial charge in [-0.25, -0.2) is 14.1 Å². The largest absolute Gasteiger partial charge is 0.312 e. The van der Waals surface area contributed by atoms with Gasteiger partial charge in [0, 0.05) is 18.8 Å². The molecule has 3 rings (SSSR count). The number of hydrogen-bond acceptors (Lipinski definition) is 4. The lowest BCUT2D eigenvalue weighted by Gasteiger charge is -2.14. The van der Waals surface area contributed by atoms with Gasteiger partial charge < -0.3 is 5.32 Å². The number of rotatable bonds is 7. The third-order valence-electron chi connectivity index (χ3n) is 4.09. The summed E-state index contributed by atoms with van der Waals surface area (Å²) in [7, 11) is 0. The molecule has 3 aromatic rings. The van der Waals surface area contributed by atoms with E-state index in [4.69, 9.17) is 0 Å². The Hall–Kier alpha value is -2.25. The SMILES string of the molecule is Cc1cc(C)n(CC(C)CNCc2ccc(-n3cncn3)c(F)c2)n1.Cl. The molecule has 0 radical (unpaired) electrons. The van der Waals surface area contributed by atoms with Crippen LogP contribution in [0.5, 0.6) is 0 Å². The number of nitrogens with one attached hydrogen (secondary N) is 1. The van der Waals surface area contributed by atoms with E-state index in [2.05, 4.69) is 40.4 Å². The van der Waals surface area contributed by atoms with E-state index in [0.717, 1.165) is 24.3 Å². The summed E-state index contributed by atoms with van der Waals surface area (Å²) in [5.74, 6) is 0.123. The Morgan fingerprint density at radius 2 is 2.04 bits per heavy atom. The number of hydrogen-bond donors (Lipinski definition) is 1. The van der Waals surface area contributed by atoms with Crippen LogP contribution in [-0.4, -0.2) is 31.1 Å². The second kappa shape index (κ2) is 8.91. The van der Waals surface area contributed by atoms with Gasteiger partial charge in [0.05, 0.1) is 5.69 Å². The van der Waals surface area contributed by atoms with Crippen molar-refractivity contribution < 1.29 is 4.39 Å². The fraction of sp³-hybridized carbons (Fsp3) is 0.389. The molecular formula is C18H24ClFN6. The van der Waals surface area contributed by atoms with Gasteiger partial charge >= 0.3 is 0 Å². The lowest BCUT2D eigenvalue weighted by Crippen LogP contribution is -2.24. The molecule has 26 heavy (non-hydrogen) atoms. The molecule has 0 saturated heterocycles. The summed E-state index contributed by atoms with van der Waals surface area (Å²) < 4.78 is 17.7. The predicted molar refractivity (Wildman–Crippen MR) is 101 cm³/mol. The molecule has 1 unspecified atom stereocenters. The van der Waals surface area contributed by atoms with Crippen LogP contribution in [0.3, 0.4) is 0 Å². The molecular weight excluding hydrogens is 355 g/mol. The average Bonchev–Trinajstić information content (AvgIpc) is 3.18. The molecule has 0 saturated carbocycles. The zero-order valence-corrected chi connectivity index (χ0v) is 16.0. The first-order valence-electron chi connectivity index (χ1n) is 8.38. The minimum atomic E-state index is -0.305. The smallest absolute Gasteiger partial charge is 0.149 e. The molecule has 0 spiro atoms. The Balaban J connectivity index is 0.00000243. The van der Waals surface area contributed by atoms with Crippen molar-refractivity contribution in [2.75, 3.05) is 6.54 Å². The molecule has 8 heteroatoms. The fourth-order valence-electron chi connectivity index (χ4n) is 2.86. The zero-order valence-electron chi connectivity index (χ0n) is 15.2. The summed E-state index contributed by atoms with van der Waals surface area (Å²) in [6, 6.07) is 7.24. The molecule has 1 N–H and O–H groups in total. The van der Waals surface area contributed by atoms with Crippen molar-refractivity contribution in [1.29, 1.82) is 0 Å². The lowest BCUT2D eigenvalue weighted by molar-refractivity contribution is 0.415. The van der Waals surface area contributed by atoms with Gasteiger partial charge in [-0.1, -0.05) is 13.0 Å². The Bertz CT molecular complexity index is 830. The van der Waals surface area contributed by atoms with E-state index in [1.54, 1.807) is 6.07 Å². The van der Waals surface area contributed by atoms with Crippen molar-refractivity contribution in [1.82, 2.24) is 29.9 Å². The summed E-state index contributed by atoms with van der Waals surface area (Å²) >= 11 is 0. The number of halogens is 2. The van der Waals surface area contributed by atoms with Crippen molar-refractivity contribution in [2.45, 2.75) is 33.9 Å². The quantitative estimate of drug-likeness (QED) is 0.686. The van der Waals surface area contributed by atoms with Crippen LogP contribution >= 0.6 is 12.4 Å². The van der Waals surface area contributed by atoms with Gasteiger partial charge in [0.2, 0.25) is 0 Å². The van der Waals surface area contributed by atoms with Crippen molar-refractivity contribution >= 4 is 12.4 Å². The third-order valence-corrected chi connectivity index (χ3v) is 4.09. The van der Waals surface area contributed by atoms with E-state index in [0.29, 0.717) is 18.2 Å². The number of aryl methyl sites for hydroxylation is 2. The van der Waals surface area contributed by atoms with Gasteiger partial charge in [0.25, 0.3) is 0 Å². The molecule has 0 aliphatic heterocycles. The fourth-order valence-corrected chi connectivity index (χ4v) is 2.86. The molecule has 2 aromatic heterocycles. The summed E-state index contributed by atoms with van der Waals surface area (Å²) in [6.45, 7) is 8.58. The minimum absolute atomic E-state index is 0. The Morgan fingerprint density at radius 3 is 2.65 bits per heavy atom. The summed E-state index contributed by atoms with van der Waals surface area (Å²) in [5, 5.41) is 11.8. The Morgan fingerprint density at radius 1 is 1.23 bits per heavy atom. The molecule has 1 aromatic carbocycles. The highest BCUT2D eigenvalue weighted by Crippen LogP contribution is 2.14. The monoisotopic (exact) mass is 378 g/mol. The number of nitrogens with zero attached hydrogens (tertiary/aromatic N) is 5. The highest BCUT2D eigenvalue weighted by atomic mass is 35.5. The van der Waals surface area contributed by atoms with Crippen LogP contribution in [0.4, 0.5) is 4.39 Å². The van der Waals surface area contributed by atoms with Crippen LogP contribution in [0.25, 0.3) is 5.69 Å². The van der Waals surface area contributed by atoms with Gasteiger partial charge in [-0.2, -0.15) is 10.2 Å². The van der Waals surface area contributed by atoms with E-state index in [9.17, 15) is 4.39 Å². The van der Waals surface area contributed by atoms with Crippen molar-refractivity contribution in [3.8, 4) is 5.69 Å². The topological polar surface area (TPSA) is 60.6 Å². The highest BCUT2D eigenvalue weighted by molar-refractivity contribution is 5.85. The standard InChI is InChI=1S/C18H23FN6.ClH/c1-13(10-24-15(3)6-14(2)23-24)8-20-9-16-4-5-18(17(19)7-16)25-12-21-11-22-25;/h4-7,11-13,20H,8-10H2,1-3H3;1H. The average molecular weight is 379 g/mol.